The molecule has 2 aromatic heterocycles. The quantitative estimate of drug-likeness (QED) is 0.729. The number of hydrogen-bond donors (Lipinski definition) is 0. The molecule has 0 radical (unpaired) electrons. The Morgan fingerprint density at radius 2 is 1.68 bits per heavy atom. The molecule has 7 nitrogen and oxygen atoms in total. The van der Waals surface area contributed by atoms with Crippen LogP contribution in [0.5, 0.6) is 0 Å². The zero-order valence-corrected chi connectivity index (χ0v) is 19.7. The molecule has 8 heteroatoms. The number of hydrogen-bond acceptors (Lipinski definition) is 7. The van der Waals surface area contributed by atoms with Crippen LogP contribution in [0.3, 0.4) is 0 Å². The van der Waals surface area contributed by atoms with Crippen LogP contribution in [-0.4, -0.2) is 96.0 Å². The summed E-state index contributed by atoms with van der Waals surface area (Å²) in [6, 6.07) is 0.655. The molecular weight excluding hydrogens is 408 g/mol. The number of amides is 1. The normalized spacial score (nSPS) is 22.4. The highest BCUT2D eigenvalue weighted by molar-refractivity contribution is 7.20. The third-order valence-electron chi connectivity index (χ3n) is 7.36. The first-order chi connectivity index (χ1) is 15.1. The first-order valence-electron chi connectivity index (χ1n) is 11.8. The number of thiophene rings is 1. The summed E-state index contributed by atoms with van der Waals surface area (Å²) in [6.07, 6.45) is 7.89. The van der Waals surface area contributed by atoms with E-state index in [1.54, 1.807) is 17.7 Å². The van der Waals surface area contributed by atoms with E-state index in [9.17, 15) is 4.79 Å². The molecule has 31 heavy (non-hydrogen) atoms. The lowest BCUT2D eigenvalue weighted by Gasteiger charge is -2.40. The molecule has 168 valence electrons. The van der Waals surface area contributed by atoms with Crippen molar-refractivity contribution in [2.45, 2.75) is 45.1 Å². The minimum atomic E-state index is 0.182. The summed E-state index contributed by atoms with van der Waals surface area (Å²) in [5.74, 6) is 1.18. The first-order valence-corrected chi connectivity index (χ1v) is 12.6. The molecule has 0 aromatic carbocycles. The molecule has 0 unspecified atom stereocenters. The second-order valence-electron chi connectivity index (χ2n) is 9.34. The Morgan fingerprint density at radius 1 is 0.968 bits per heavy atom. The Hall–Kier alpha value is -1.77. The molecular formula is C23H34N6OS. The topological polar surface area (TPSA) is 55.8 Å². The third kappa shape index (κ3) is 4.17. The molecule has 1 amide bonds. The van der Waals surface area contributed by atoms with Gasteiger partial charge in [0.1, 0.15) is 17.0 Å². The maximum atomic E-state index is 13.5. The number of anilines is 1. The smallest absolute Gasteiger partial charge is 0.264 e. The Labute approximate surface area is 189 Å². The summed E-state index contributed by atoms with van der Waals surface area (Å²) in [5.41, 5.74) is 1.05. The van der Waals surface area contributed by atoms with Crippen LogP contribution in [0, 0.1) is 6.92 Å². The van der Waals surface area contributed by atoms with Gasteiger partial charge in [-0.05, 0) is 58.3 Å². The van der Waals surface area contributed by atoms with E-state index < -0.39 is 0 Å². The number of rotatable bonds is 3. The van der Waals surface area contributed by atoms with Crippen molar-refractivity contribution in [1.29, 1.82) is 0 Å². The van der Waals surface area contributed by atoms with Gasteiger partial charge >= 0.3 is 0 Å². The Balaban J connectivity index is 1.33. The zero-order chi connectivity index (χ0) is 21.4. The maximum Gasteiger partial charge on any atom is 0.264 e. The van der Waals surface area contributed by atoms with E-state index in [2.05, 4.69) is 43.5 Å². The fourth-order valence-electron chi connectivity index (χ4n) is 5.38. The lowest BCUT2D eigenvalue weighted by Crippen LogP contribution is -2.48. The molecule has 3 fully saturated rings. The molecule has 3 saturated heterocycles. The summed E-state index contributed by atoms with van der Waals surface area (Å²) < 4.78 is 0. The summed E-state index contributed by atoms with van der Waals surface area (Å²) in [5, 5.41) is 1.07. The second kappa shape index (κ2) is 9.00. The standard InChI is InChI=1S/C23H34N6OS/c1-17-19-21(28-14-12-26(2)13-15-28)24-16-25-22(19)31-20(17)23(30)29-10-6-18(7-11-29)27-8-4-3-5-9-27/h16,18H,3-15H2,1-2H3. The van der Waals surface area contributed by atoms with Gasteiger partial charge < -0.3 is 19.6 Å². The van der Waals surface area contributed by atoms with Crippen molar-refractivity contribution in [3.05, 3.63) is 16.8 Å². The molecule has 0 atom stereocenters. The van der Waals surface area contributed by atoms with Gasteiger partial charge in [0.05, 0.1) is 10.3 Å². The minimum Gasteiger partial charge on any atom is -0.353 e. The Bertz CT molecular complexity index is 924. The highest BCUT2D eigenvalue weighted by atomic mass is 32.1. The number of carbonyl (C=O) groups is 1. The minimum absolute atomic E-state index is 0.182. The molecule has 0 saturated carbocycles. The van der Waals surface area contributed by atoms with Crippen LogP contribution in [0.4, 0.5) is 5.82 Å². The largest absolute Gasteiger partial charge is 0.353 e. The molecule has 2 aromatic rings. The molecule has 0 N–H and O–H groups in total. The SMILES string of the molecule is Cc1c(C(=O)N2CCC(N3CCCCC3)CC2)sc2ncnc(N3CCN(C)CC3)c12. The fraction of sp³-hybridized carbons (Fsp3) is 0.696. The lowest BCUT2D eigenvalue weighted by molar-refractivity contribution is 0.0593. The Morgan fingerprint density at radius 3 is 2.39 bits per heavy atom. The van der Waals surface area contributed by atoms with E-state index in [1.165, 1.54) is 32.4 Å². The summed E-state index contributed by atoms with van der Waals surface area (Å²) in [7, 11) is 2.16. The second-order valence-corrected chi connectivity index (χ2v) is 10.3. The maximum absolute atomic E-state index is 13.5. The molecule has 3 aliphatic rings. The van der Waals surface area contributed by atoms with Gasteiger partial charge in [-0.3, -0.25) is 4.79 Å². The van der Waals surface area contributed by atoms with Gasteiger partial charge in [0.15, 0.2) is 0 Å². The predicted molar refractivity (Wildman–Crippen MR) is 126 cm³/mol. The van der Waals surface area contributed by atoms with E-state index in [1.807, 2.05) is 0 Å². The van der Waals surface area contributed by atoms with Crippen LogP contribution >= 0.6 is 11.3 Å². The van der Waals surface area contributed by atoms with Gasteiger partial charge in [-0.25, -0.2) is 9.97 Å². The van der Waals surface area contributed by atoms with Crippen molar-refractivity contribution in [1.82, 2.24) is 24.7 Å². The van der Waals surface area contributed by atoms with Crippen molar-refractivity contribution in [3.8, 4) is 0 Å². The number of carbonyl (C=O) groups excluding carboxylic acids is 1. The monoisotopic (exact) mass is 442 g/mol. The highest BCUT2D eigenvalue weighted by Crippen LogP contribution is 2.36. The summed E-state index contributed by atoms with van der Waals surface area (Å²) in [6.45, 7) is 10.3. The number of fused-ring (bicyclic) bond motifs is 1. The van der Waals surface area contributed by atoms with Crippen molar-refractivity contribution in [2.75, 3.05) is 64.3 Å². The van der Waals surface area contributed by atoms with Crippen molar-refractivity contribution in [2.24, 2.45) is 0 Å². The van der Waals surface area contributed by atoms with Crippen LogP contribution in [0.2, 0.25) is 0 Å². The summed E-state index contributed by atoms with van der Waals surface area (Å²) >= 11 is 1.54. The third-order valence-corrected chi connectivity index (χ3v) is 8.55. The van der Waals surface area contributed by atoms with Gasteiger partial charge in [0, 0.05) is 45.3 Å². The fourth-order valence-corrected chi connectivity index (χ4v) is 6.49. The van der Waals surface area contributed by atoms with Crippen LogP contribution in [-0.2, 0) is 0 Å². The number of likely N-dealkylation sites (tertiary alicyclic amines) is 2. The number of piperidine rings is 2. The van der Waals surface area contributed by atoms with Gasteiger partial charge in [0.25, 0.3) is 5.91 Å². The number of aromatic nitrogens is 2. The van der Waals surface area contributed by atoms with Gasteiger partial charge in [-0.1, -0.05) is 6.42 Å². The Kier molecular flexibility index (Phi) is 6.12. The van der Waals surface area contributed by atoms with E-state index in [0.29, 0.717) is 6.04 Å². The van der Waals surface area contributed by atoms with E-state index in [-0.39, 0.29) is 5.91 Å². The molecule has 5 heterocycles. The highest BCUT2D eigenvalue weighted by Gasteiger charge is 2.30. The van der Waals surface area contributed by atoms with Crippen molar-refractivity contribution in [3.63, 3.8) is 0 Å². The van der Waals surface area contributed by atoms with Crippen molar-refractivity contribution < 1.29 is 4.79 Å². The van der Waals surface area contributed by atoms with Crippen LogP contribution in [0.15, 0.2) is 6.33 Å². The zero-order valence-electron chi connectivity index (χ0n) is 18.8. The molecule has 0 aliphatic carbocycles. The first kappa shape index (κ1) is 21.1. The van der Waals surface area contributed by atoms with Crippen LogP contribution < -0.4 is 4.90 Å². The lowest BCUT2D eigenvalue weighted by atomic mass is 9.99. The van der Waals surface area contributed by atoms with Crippen LogP contribution in [0.1, 0.15) is 47.3 Å². The van der Waals surface area contributed by atoms with Crippen LogP contribution in [0.25, 0.3) is 10.2 Å². The predicted octanol–water partition coefficient (Wildman–Crippen LogP) is 2.84. The molecule has 0 spiro atoms. The number of likely N-dealkylation sites (N-methyl/N-ethyl adjacent to an activating group) is 1. The van der Waals surface area contributed by atoms with E-state index >= 15 is 0 Å². The molecule has 5 rings (SSSR count). The average Bonchev–Trinajstić information content (AvgIpc) is 3.16. The number of aryl methyl sites for hydroxylation is 1. The van der Waals surface area contributed by atoms with Gasteiger partial charge in [0.2, 0.25) is 0 Å². The summed E-state index contributed by atoms with van der Waals surface area (Å²) in [4.78, 5) is 33.8. The molecule has 0 bridgehead atoms. The van der Waals surface area contributed by atoms with Crippen molar-refractivity contribution >= 4 is 33.3 Å². The molecule has 3 aliphatic heterocycles. The van der Waals surface area contributed by atoms with Gasteiger partial charge in [-0.15, -0.1) is 11.3 Å². The van der Waals surface area contributed by atoms with E-state index in [4.69, 9.17) is 0 Å². The average molecular weight is 443 g/mol. The van der Waals surface area contributed by atoms with Gasteiger partial charge in [-0.2, -0.15) is 0 Å². The number of nitrogens with zero attached hydrogens (tertiary/aromatic N) is 6. The number of piperazine rings is 1. The van der Waals surface area contributed by atoms with E-state index in [0.717, 1.165) is 78.6 Å².